The highest BCUT2D eigenvalue weighted by atomic mass is 79.9. The molecule has 1 saturated carbocycles. The van der Waals surface area contributed by atoms with Crippen molar-refractivity contribution in [3.63, 3.8) is 0 Å². The smallest absolute Gasteiger partial charge is 0.224 e. The summed E-state index contributed by atoms with van der Waals surface area (Å²) in [6.45, 7) is 0.587. The first-order valence-electron chi connectivity index (χ1n) is 7.42. The van der Waals surface area contributed by atoms with E-state index in [0.29, 0.717) is 18.7 Å². The predicted molar refractivity (Wildman–Crippen MR) is 95.8 cm³/mol. The monoisotopic (exact) mass is 390 g/mol. The molecule has 0 radical (unpaired) electrons. The first-order valence-corrected chi connectivity index (χ1v) is 8.21. The lowest BCUT2D eigenvalue weighted by atomic mass is 9.71. The van der Waals surface area contributed by atoms with Crippen LogP contribution in [-0.4, -0.2) is 19.6 Å². The molecular weight excluding hydrogens is 368 g/mol. The van der Waals surface area contributed by atoms with Gasteiger partial charge in [-0.1, -0.05) is 19.3 Å². The lowest BCUT2D eigenvalue weighted by molar-refractivity contribution is -0.118. The Morgan fingerprint density at radius 2 is 2.05 bits per heavy atom. The van der Waals surface area contributed by atoms with Crippen molar-refractivity contribution in [3.05, 3.63) is 22.7 Å². The summed E-state index contributed by atoms with van der Waals surface area (Å²) in [6, 6.07) is 5.55. The normalized spacial score (nSPS) is 16.5. The molecule has 1 amide bonds. The molecule has 22 heavy (non-hydrogen) atoms. The third kappa shape index (κ3) is 4.86. The summed E-state index contributed by atoms with van der Waals surface area (Å²) in [7, 11) is 1.61. The van der Waals surface area contributed by atoms with Gasteiger partial charge in [0.25, 0.3) is 0 Å². The Balaban J connectivity index is 0.00000242. The number of hydrogen-bond acceptors (Lipinski definition) is 3. The molecule has 0 bridgehead atoms. The van der Waals surface area contributed by atoms with Gasteiger partial charge in [0.2, 0.25) is 5.91 Å². The van der Waals surface area contributed by atoms with Crippen LogP contribution in [0.1, 0.15) is 38.5 Å². The number of rotatable bonds is 5. The van der Waals surface area contributed by atoms with Crippen molar-refractivity contribution >= 4 is 39.9 Å². The van der Waals surface area contributed by atoms with Gasteiger partial charge >= 0.3 is 0 Å². The summed E-state index contributed by atoms with van der Waals surface area (Å²) in [5.74, 6) is 0.741. The van der Waals surface area contributed by atoms with Gasteiger partial charge in [-0.2, -0.15) is 0 Å². The average Bonchev–Trinajstić information content (AvgIpc) is 2.50. The van der Waals surface area contributed by atoms with Crippen LogP contribution in [0, 0.1) is 5.41 Å². The van der Waals surface area contributed by atoms with Crippen LogP contribution < -0.4 is 15.8 Å². The number of carbonyl (C=O) groups is 1. The number of amides is 1. The Morgan fingerprint density at radius 1 is 1.36 bits per heavy atom. The van der Waals surface area contributed by atoms with Gasteiger partial charge in [-0.3, -0.25) is 4.79 Å². The van der Waals surface area contributed by atoms with Crippen LogP contribution in [0.3, 0.4) is 0 Å². The zero-order chi connectivity index (χ0) is 15.3. The fraction of sp³-hybridized carbons (Fsp3) is 0.562. The zero-order valence-corrected chi connectivity index (χ0v) is 15.3. The SMILES string of the molecule is COc1cc(NC(=O)CC2(CN)CCCCC2)ccc1Br.Cl. The Hall–Kier alpha value is -0.780. The third-order valence-electron chi connectivity index (χ3n) is 4.32. The molecule has 0 aromatic heterocycles. The Labute approximate surface area is 146 Å². The van der Waals surface area contributed by atoms with Crippen LogP contribution in [0.15, 0.2) is 22.7 Å². The molecule has 0 heterocycles. The van der Waals surface area contributed by atoms with Crippen LogP contribution in [0.2, 0.25) is 0 Å². The van der Waals surface area contributed by atoms with Gasteiger partial charge in [0.05, 0.1) is 11.6 Å². The Morgan fingerprint density at radius 3 is 2.64 bits per heavy atom. The van der Waals surface area contributed by atoms with Crippen LogP contribution in [-0.2, 0) is 4.79 Å². The van der Waals surface area contributed by atoms with Crippen molar-refractivity contribution in [3.8, 4) is 5.75 Å². The van der Waals surface area contributed by atoms with Crippen molar-refractivity contribution < 1.29 is 9.53 Å². The summed E-state index contributed by atoms with van der Waals surface area (Å²) in [5, 5.41) is 2.95. The quantitative estimate of drug-likeness (QED) is 0.793. The maximum absolute atomic E-state index is 12.3. The second-order valence-corrected chi connectivity index (χ2v) is 6.69. The largest absolute Gasteiger partial charge is 0.495 e. The summed E-state index contributed by atoms with van der Waals surface area (Å²) < 4.78 is 6.11. The minimum atomic E-state index is -0.0121. The van der Waals surface area contributed by atoms with Gasteiger partial charge in [0.15, 0.2) is 0 Å². The molecule has 0 unspecified atom stereocenters. The van der Waals surface area contributed by atoms with Gasteiger partial charge < -0.3 is 15.8 Å². The highest BCUT2D eigenvalue weighted by Gasteiger charge is 2.32. The Kier molecular flexibility index (Phi) is 7.66. The fourth-order valence-corrected chi connectivity index (χ4v) is 3.45. The molecule has 1 aliphatic rings. The number of anilines is 1. The van der Waals surface area contributed by atoms with E-state index in [4.69, 9.17) is 10.5 Å². The second-order valence-electron chi connectivity index (χ2n) is 5.84. The minimum absolute atomic E-state index is 0. The second kappa shape index (κ2) is 8.75. The van der Waals surface area contributed by atoms with Gasteiger partial charge in [-0.05, 0) is 52.9 Å². The molecule has 0 atom stereocenters. The number of ether oxygens (including phenoxy) is 1. The maximum Gasteiger partial charge on any atom is 0.224 e. The van der Waals surface area contributed by atoms with Crippen LogP contribution >= 0.6 is 28.3 Å². The number of halogens is 2. The molecule has 1 aromatic carbocycles. The first-order chi connectivity index (χ1) is 10.1. The molecule has 6 heteroatoms. The van der Waals surface area contributed by atoms with Crippen LogP contribution in [0.25, 0.3) is 0 Å². The van der Waals surface area contributed by atoms with Crippen molar-refractivity contribution in [2.24, 2.45) is 11.1 Å². The average molecular weight is 392 g/mol. The molecule has 1 aromatic rings. The van der Waals surface area contributed by atoms with Gasteiger partial charge in [-0.25, -0.2) is 0 Å². The molecule has 0 aliphatic heterocycles. The molecule has 3 N–H and O–H groups in total. The molecule has 124 valence electrons. The summed E-state index contributed by atoms with van der Waals surface area (Å²) in [5.41, 5.74) is 6.68. The summed E-state index contributed by atoms with van der Waals surface area (Å²) in [4.78, 5) is 12.3. The minimum Gasteiger partial charge on any atom is -0.495 e. The van der Waals surface area contributed by atoms with E-state index in [1.54, 1.807) is 7.11 Å². The standard InChI is InChI=1S/C16H23BrN2O2.ClH/c1-21-14-9-12(5-6-13(14)17)19-15(20)10-16(11-18)7-3-2-4-8-16;/h5-6,9H,2-4,7-8,10-11,18H2,1H3,(H,19,20);1H. The molecule has 1 aliphatic carbocycles. The van der Waals surface area contributed by atoms with Crippen molar-refractivity contribution in [1.29, 1.82) is 0 Å². The highest BCUT2D eigenvalue weighted by molar-refractivity contribution is 9.10. The fourth-order valence-electron chi connectivity index (χ4n) is 3.04. The number of nitrogens with two attached hydrogens (primary N) is 1. The number of nitrogens with one attached hydrogen (secondary N) is 1. The number of methoxy groups -OCH3 is 1. The highest BCUT2D eigenvalue weighted by Crippen LogP contribution is 2.38. The topological polar surface area (TPSA) is 64.3 Å². The Bertz CT molecular complexity index is 505. The number of benzene rings is 1. The van der Waals surface area contributed by atoms with Gasteiger partial charge in [0, 0.05) is 18.2 Å². The van der Waals surface area contributed by atoms with Crippen molar-refractivity contribution in [2.75, 3.05) is 19.0 Å². The van der Waals surface area contributed by atoms with Crippen molar-refractivity contribution in [1.82, 2.24) is 0 Å². The van der Waals surface area contributed by atoms with Crippen molar-refractivity contribution in [2.45, 2.75) is 38.5 Å². The van der Waals surface area contributed by atoms with E-state index in [-0.39, 0.29) is 23.7 Å². The number of hydrogen-bond donors (Lipinski definition) is 2. The lowest BCUT2D eigenvalue weighted by Gasteiger charge is -2.35. The van der Waals surface area contributed by atoms with E-state index < -0.39 is 0 Å². The molecule has 0 spiro atoms. The lowest BCUT2D eigenvalue weighted by Crippen LogP contribution is -2.36. The maximum atomic E-state index is 12.3. The molecule has 2 rings (SSSR count). The molecule has 0 saturated heterocycles. The van der Waals surface area contributed by atoms with E-state index in [9.17, 15) is 4.79 Å². The summed E-state index contributed by atoms with van der Waals surface area (Å²) >= 11 is 3.40. The van der Waals surface area contributed by atoms with E-state index >= 15 is 0 Å². The molecule has 4 nitrogen and oxygen atoms in total. The van der Waals surface area contributed by atoms with E-state index in [2.05, 4.69) is 21.2 Å². The van der Waals surface area contributed by atoms with Crippen LogP contribution in [0.5, 0.6) is 5.75 Å². The predicted octanol–water partition coefficient (Wildman–Crippen LogP) is 4.12. The molecular formula is C16H24BrClN2O2. The summed E-state index contributed by atoms with van der Waals surface area (Å²) in [6.07, 6.45) is 6.23. The van der Waals surface area contributed by atoms with Gasteiger partial charge in [-0.15, -0.1) is 12.4 Å². The first kappa shape index (κ1) is 19.3. The van der Waals surface area contributed by atoms with E-state index in [0.717, 1.165) is 23.0 Å². The van der Waals surface area contributed by atoms with E-state index in [1.165, 1.54) is 19.3 Å². The molecule has 1 fully saturated rings. The van der Waals surface area contributed by atoms with E-state index in [1.807, 2.05) is 18.2 Å². The van der Waals surface area contributed by atoms with Crippen LogP contribution in [0.4, 0.5) is 5.69 Å². The zero-order valence-electron chi connectivity index (χ0n) is 12.9. The number of carbonyl (C=O) groups excluding carboxylic acids is 1. The van der Waals surface area contributed by atoms with Gasteiger partial charge in [0.1, 0.15) is 5.75 Å². The third-order valence-corrected chi connectivity index (χ3v) is 4.97.